The van der Waals surface area contributed by atoms with Gasteiger partial charge in [-0.05, 0) is 37.3 Å². The van der Waals surface area contributed by atoms with Gasteiger partial charge in [0.15, 0.2) is 0 Å². The topological polar surface area (TPSA) is 75.6 Å². The summed E-state index contributed by atoms with van der Waals surface area (Å²) in [6.07, 6.45) is 17.6. The number of aliphatic carboxylic acids is 1. The number of carboxylic acids is 1. The molecule has 0 radical (unpaired) electrons. The summed E-state index contributed by atoms with van der Waals surface area (Å²) in [4.78, 5) is 22.5. The lowest BCUT2D eigenvalue weighted by atomic mass is 10.2. The smallest absolute Gasteiger partial charge is 0.308 e. The Morgan fingerprint density at radius 3 is 2.69 bits per heavy atom. The van der Waals surface area contributed by atoms with E-state index in [1.54, 1.807) is 18.2 Å². The number of amides is 1. The molecule has 0 atom stereocenters. The fourth-order valence-corrected chi connectivity index (χ4v) is 1.85. The monoisotopic (exact) mass is 353 g/mol. The first-order valence-corrected chi connectivity index (χ1v) is 7.98. The zero-order chi connectivity index (χ0) is 19.4. The lowest BCUT2D eigenvalue weighted by Crippen LogP contribution is -2.24. The van der Waals surface area contributed by atoms with Crippen LogP contribution >= 0.6 is 0 Å². The van der Waals surface area contributed by atoms with Crippen LogP contribution in [-0.2, 0) is 14.3 Å². The Labute approximate surface area is 153 Å². The number of carbonyl (C=O) groups is 2. The van der Waals surface area contributed by atoms with Gasteiger partial charge in [-0.2, -0.15) is 0 Å². The van der Waals surface area contributed by atoms with Gasteiger partial charge in [-0.25, -0.2) is 0 Å². The van der Waals surface area contributed by atoms with Crippen molar-refractivity contribution in [1.82, 2.24) is 5.32 Å². The molecule has 0 bridgehead atoms. The maximum Gasteiger partial charge on any atom is 0.308 e. The molecule has 1 rings (SSSR count). The van der Waals surface area contributed by atoms with E-state index < -0.39 is 18.3 Å². The van der Waals surface area contributed by atoms with E-state index in [2.05, 4.69) is 18.5 Å². The highest BCUT2D eigenvalue weighted by Crippen LogP contribution is 2.07. The second-order valence-electron chi connectivity index (χ2n) is 5.40. The van der Waals surface area contributed by atoms with Crippen molar-refractivity contribution < 1.29 is 19.4 Å². The third kappa shape index (κ3) is 8.49. The molecule has 0 unspecified atom stereocenters. The Morgan fingerprint density at radius 2 is 2.00 bits per heavy atom. The molecule has 0 saturated heterocycles. The van der Waals surface area contributed by atoms with Gasteiger partial charge in [-0.1, -0.05) is 49.1 Å². The van der Waals surface area contributed by atoms with Crippen molar-refractivity contribution in [2.45, 2.75) is 13.3 Å². The van der Waals surface area contributed by atoms with Crippen LogP contribution in [0.15, 0.2) is 96.5 Å². The number of ether oxygens (including phenoxy) is 1. The highest BCUT2D eigenvalue weighted by atomic mass is 16.5. The van der Waals surface area contributed by atoms with Gasteiger partial charge >= 0.3 is 5.97 Å². The molecule has 0 heterocycles. The van der Waals surface area contributed by atoms with Crippen molar-refractivity contribution in [3.8, 4) is 0 Å². The molecular weight excluding hydrogens is 330 g/mol. The summed E-state index contributed by atoms with van der Waals surface area (Å²) in [5.74, 6) is -0.946. The Kier molecular flexibility index (Phi) is 8.96. The lowest BCUT2D eigenvalue weighted by Gasteiger charge is -2.07. The van der Waals surface area contributed by atoms with Crippen LogP contribution in [0.1, 0.15) is 13.3 Å². The van der Waals surface area contributed by atoms with E-state index in [1.165, 1.54) is 6.08 Å². The van der Waals surface area contributed by atoms with Crippen molar-refractivity contribution in [2.24, 2.45) is 0 Å². The minimum atomic E-state index is -1.11. The average Bonchev–Trinajstić information content (AvgIpc) is 2.56. The average molecular weight is 353 g/mol. The molecule has 2 N–H and O–H groups in total. The predicted molar refractivity (Wildman–Crippen MR) is 103 cm³/mol. The van der Waals surface area contributed by atoms with E-state index in [9.17, 15) is 9.59 Å². The van der Waals surface area contributed by atoms with Crippen molar-refractivity contribution in [2.75, 3.05) is 6.61 Å². The number of carbonyl (C=O) groups excluding carboxylic acids is 1. The van der Waals surface area contributed by atoms with Gasteiger partial charge < -0.3 is 15.2 Å². The first-order chi connectivity index (χ1) is 12.4. The minimum absolute atomic E-state index is 0.0304. The molecule has 26 heavy (non-hydrogen) atoms. The fraction of sp³-hybridized carbons (Fsp3) is 0.143. The van der Waals surface area contributed by atoms with Crippen LogP contribution in [0.5, 0.6) is 0 Å². The van der Waals surface area contributed by atoms with Crippen LogP contribution < -0.4 is 5.32 Å². The molecule has 1 aliphatic rings. The Bertz CT molecular complexity index is 746. The third-order valence-electron chi connectivity index (χ3n) is 3.13. The van der Waals surface area contributed by atoms with Gasteiger partial charge in [0.1, 0.15) is 12.4 Å². The Morgan fingerprint density at radius 1 is 1.27 bits per heavy atom. The maximum atomic E-state index is 11.9. The molecule has 136 valence electrons. The van der Waals surface area contributed by atoms with Gasteiger partial charge in [0.25, 0.3) is 5.91 Å². The Hall–Kier alpha value is -3.34. The van der Waals surface area contributed by atoms with E-state index in [1.807, 2.05) is 43.4 Å². The zero-order valence-electron chi connectivity index (χ0n) is 14.8. The van der Waals surface area contributed by atoms with Gasteiger partial charge in [0.2, 0.25) is 0 Å². The second-order valence-corrected chi connectivity index (χ2v) is 5.40. The molecule has 0 aromatic carbocycles. The molecule has 0 aliphatic heterocycles. The second kappa shape index (κ2) is 11.3. The summed E-state index contributed by atoms with van der Waals surface area (Å²) in [5, 5.41) is 11.3. The van der Waals surface area contributed by atoms with Gasteiger partial charge in [-0.15, -0.1) is 0 Å². The molecule has 1 aliphatic carbocycles. The van der Waals surface area contributed by atoms with Crippen LogP contribution in [0.2, 0.25) is 0 Å². The molecule has 5 heteroatoms. The van der Waals surface area contributed by atoms with Crippen LogP contribution in [0.25, 0.3) is 0 Å². The summed E-state index contributed by atoms with van der Waals surface area (Å²) in [7, 11) is 0. The van der Waals surface area contributed by atoms with E-state index >= 15 is 0 Å². The molecule has 0 aromatic heterocycles. The van der Waals surface area contributed by atoms with Gasteiger partial charge in [-0.3, -0.25) is 9.59 Å². The molecular formula is C21H23NO4. The molecule has 5 nitrogen and oxygen atoms in total. The highest BCUT2D eigenvalue weighted by molar-refractivity contribution is 5.97. The lowest BCUT2D eigenvalue weighted by molar-refractivity contribution is -0.137. The van der Waals surface area contributed by atoms with Gasteiger partial charge in [0, 0.05) is 11.3 Å². The van der Waals surface area contributed by atoms with Crippen LogP contribution in [0.3, 0.4) is 0 Å². The normalized spacial score (nSPS) is 14.1. The van der Waals surface area contributed by atoms with E-state index in [-0.39, 0.29) is 5.57 Å². The van der Waals surface area contributed by atoms with Gasteiger partial charge in [0.05, 0.1) is 6.42 Å². The summed E-state index contributed by atoms with van der Waals surface area (Å²) in [5.41, 5.74) is 1.55. The summed E-state index contributed by atoms with van der Waals surface area (Å²) < 4.78 is 5.65. The third-order valence-corrected chi connectivity index (χ3v) is 3.13. The zero-order valence-corrected chi connectivity index (χ0v) is 14.8. The molecule has 0 fully saturated rings. The number of rotatable bonds is 9. The summed E-state index contributed by atoms with van der Waals surface area (Å²) in [6.45, 7) is 9.35. The fourth-order valence-electron chi connectivity index (χ4n) is 1.85. The standard InChI is InChI=1S/C21H23NO4/c1-4-8-18(22-21(25)17(3)15-20(23)24)10-7-14-26-19-11-6-5-9-16(2)12-13-19/h4-13H,1,3,14-15H2,2H3,(H,22,25)(H,23,24)/b6-5?,9-5?,10-7-,11-6?,13-12?,16-9?,16-12?,18-8+,19-11?,19-13?. The Balaban J connectivity index is 2.61. The number of allylic oxidation sites excluding steroid dienone is 10. The SMILES string of the molecule is C=C/C=C(\C=C/COC1=CC=C(C)C=CC=C1)NC(=O)C(=C)CC(=O)O. The number of hydrogen-bond acceptors (Lipinski definition) is 3. The molecule has 0 saturated carbocycles. The van der Waals surface area contributed by atoms with Crippen LogP contribution in [0.4, 0.5) is 0 Å². The molecule has 1 amide bonds. The van der Waals surface area contributed by atoms with Crippen molar-refractivity contribution in [3.63, 3.8) is 0 Å². The first-order valence-electron chi connectivity index (χ1n) is 7.98. The van der Waals surface area contributed by atoms with Crippen LogP contribution in [0, 0.1) is 0 Å². The number of nitrogens with one attached hydrogen (secondary N) is 1. The minimum Gasteiger partial charge on any atom is -0.490 e. The van der Waals surface area contributed by atoms with Crippen molar-refractivity contribution in [1.29, 1.82) is 0 Å². The largest absolute Gasteiger partial charge is 0.490 e. The number of hydrogen-bond donors (Lipinski definition) is 2. The first kappa shape index (κ1) is 20.7. The molecule has 0 aromatic rings. The van der Waals surface area contributed by atoms with Crippen LogP contribution in [-0.4, -0.2) is 23.6 Å². The van der Waals surface area contributed by atoms with Crippen molar-refractivity contribution >= 4 is 11.9 Å². The maximum absolute atomic E-state index is 11.9. The van der Waals surface area contributed by atoms with E-state index in [4.69, 9.17) is 9.84 Å². The number of carboxylic acid groups (broad SMARTS) is 1. The molecule has 0 spiro atoms. The highest BCUT2D eigenvalue weighted by Gasteiger charge is 2.11. The quantitative estimate of drug-likeness (QED) is 0.489. The van der Waals surface area contributed by atoms with Crippen molar-refractivity contribution in [3.05, 3.63) is 96.5 Å². The summed E-state index contributed by atoms with van der Waals surface area (Å²) in [6, 6.07) is 0. The predicted octanol–water partition coefficient (Wildman–Crippen LogP) is 3.73. The van der Waals surface area contributed by atoms with E-state index in [0.717, 1.165) is 5.57 Å². The summed E-state index contributed by atoms with van der Waals surface area (Å²) >= 11 is 0. The van der Waals surface area contributed by atoms with E-state index in [0.29, 0.717) is 18.1 Å².